The first-order chi connectivity index (χ1) is 12.5. The number of nitrogens with zero attached hydrogens (tertiary/aromatic N) is 5. The van der Waals surface area contributed by atoms with E-state index in [2.05, 4.69) is 9.97 Å². The van der Waals surface area contributed by atoms with Crippen molar-refractivity contribution >= 4 is 11.8 Å². The van der Waals surface area contributed by atoms with Crippen molar-refractivity contribution in [3.8, 4) is 6.07 Å². The molecule has 0 unspecified atom stereocenters. The number of hydrogen-bond donors (Lipinski definition) is 1. The van der Waals surface area contributed by atoms with Crippen molar-refractivity contribution in [3.63, 3.8) is 0 Å². The molecule has 0 aliphatic carbocycles. The molecular weight excluding hydrogens is 337 g/mol. The van der Waals surface area contributed by atoms with Gasteiger partial charge in [0.25, 0.3) is 0 Å². The van der Waals surface area contributed by atoms with Gasteiger partial charge in [-0.15, -0.1) is 0 Å². The molecule has 2 heterocycles. The van der Waals surface area contributed by atoms with Crippen LogP contribution in [0, 0.1) is 24.1 Å². The topological polar surface area (TPSA) is 93.3 Å². The molecule has 1 N–H and O–H groups in total. The predicted octanol–water partition coefficient (Wildman–Crippen LogP) is 1.74. The molecule has 1 fully saturated rings. The predicted molar refractivity (Wildman–Crippen MR) is 92.0 cm³/mol. The van der Waals surface area contributed by atoms with Gasteiger partial charge in [-0.25, -0.2) is 14.4 Å². The molecule has 0 saturated carbocycles. The van der Waals surface area contributed by atoms with E-state index in [0.29, 0.717) is 43.1 Å². The second kappa shape index (κ2) is 7.45. The summed E-state index contributed by atoms with van der Waals surface area (Å²) in [6.07, 6.45) is 3.00. The lowest BCUT2D eigenvalue weighted by Gasteiger charge is -2.38. The highest BCUT2D eigenvalue weighted by Crippen LogP contribution is 2.26. The summed E-state index contributed by atoms with van der Waals surface area (Å²) in [6.45, 7) is 3.63. The molecule has 7 nitrogen and oxygen atoms in total. The summed E-state index contributed by atoms with van der Waals surface area (Å²) >= 11 is 0. The van der Waals surface area contributed by atoms with Gasteiger partial charge in [0.05, 0.1) is 0 Å². The highest BCUT2D eigenvalue weighted by Gasteiger charge is 2.31. The van der Waals surface area contributed by atoms with Crippen molar-refractivity contribution in [2.24, 2.45) is 0 Å². The van der Waals surface area contributed by atoms with Crippen LogP contribution in [0.15, 0.2) is 30.6 Å². The van der Waals surface area contributed by atoms with Crippen LogP contribution < -0.4 is 4.90 Å². The molecule has 1 aliphatic heterocycles. The molecule has 134 valence electrons. The Morgan fingerprint density at radius 1 is 1.27 bits per heavy atom. The molecule has 1 aliphatic rings. The Morgan fingerprint density at radius 3 is 2.58 bits per heavy atom. The first-order valence-electron chi connectivity index (χ1n) is 8.20. The Hall–Kier alpha value is -3.05. The van der Waals surface area contributed by atoms with Gasteiger partial charge < -0.3 is 10.0 Å². The average Bonchev–Trinajstić information content (AvgIpc) is 2.65. The number of aliphatic carboxylic acids is 1. The number of halogens is 1. The van der Waals surface area contributed by atoms with Crippen LogP contribution in [0.1, 0.15) is 22.9 Å². The highest BCUT2D eigenvalue weighted by molar-refractivity contribution is 5.75. The van der Waals surface area contributed by atoms with Crippen LogP contribution in [-0.2, 0) is 4.79 Å². The van der Waals surface area contributed by atoms with Gasteiger partial charge in [-0.1, -0.05) is 12.1 Å². The van der Waals surface area contributed by atoms with Crippen molar-refractivity contribution in [2.45, 2.75) is 13.0 Å². The SMILES string of the molecule is Cc1cc([C@H](C(=O)O)N2CCN(c3nccnc3C#N)CC2)ccc1F. The van der Waals surface area contributed by atoms with E-state index in [0.717, 1.165) is 0 Å². The van der Waals surface area contributed by atoms with E-state index >= 15 is 0 Å². The van der Waals surface area contributed by atoms with Gasteiger partial charge in [-0.05, 0) is 24.1 Å². The Kier molecular flexibility index (Phi) is 5.09. The summed E-state index contributed by atoms with van der Waals surface area (Å²) in [5, 5.41) is 18.9. The number of carboxylic acid groups (broad SMARTS) is 1. The Bertz CT molecular complexity index is 859. The molecule has 1 aromatic carbocycles. The molecule has 3 rings (SSSR count). The van der Waals surface area contributed by atoms with Gasteiger partial charge in [-0.3, -0.25) is 9.69 Å². The fraction of sp³-hybridized carbons (Fsp3) is 0.333. The smallest absolute Gasteiger partial charge is 0.325 e. The summed E-state index contributed by atoms with van der Waals surface area (Å²) in [6, 6.07) is 5.58. The molecule has 0 bridgehead atoms. The number of anilines is 1. The molecule has 0 spiro atoms. The molecule has 0 amide bonds. The van der Waals surface area contributed by atoms with E-state index < -0.39 is 12.0 Å². The number of aromatic nitrogens is 2. The molecule has 0 radical (unpaired) electrons. The van der Waals surface area contributed by atoms with E-state index in [9.17, 15) is 14.3 Å². The standard InChI is InChI=1S/C18H18FN5O2/c1-12-10-13(2-3-14(12)19)16(18(25)26)23-6-8-24(9-7-23)17-15(11-20)21-4-5-22-17/h2-5,10,16H,6-9H2,1H3,(H,25,26)/t16-/m1/s1. The third-order valence-corrected chi connectivity index (χ3v) is 4.50. The maximum atomic E-state index is 13.5. The lowest BCUT2D eigenvalue weighted by Crippen LogP contribution is -2.49. The number of hydrogen-bond acceptors (Lipinski definition) is 6. The monoisotopic (exact) mass is 355 g/mol. The van der Waals surface area contributed by atoms with Crippen LogP contribution in [0.3, 0.4) is 0 Å². The largest absolute Gasteiger partial charge is 0.480 e. The minimum absolute atomic E-state index is 0.255. The quantitative estimate of drug-likeness (QED) is 0.893. The number of carboxylic acids is 1. The average molecular weight is 355 g/mol. The first-order valence-corrected chi connectivity index (χ1v) is 8.20. The Balaban J connectivity index is 1.77. The lowest BCUT2D eigenvalue weighted by atomic mass is 10.0. The Morgan fingerprint density at radius 2 is 1.96 bits per heavy atom. The first kappa shape index (κ1) is 17.8. The van der Waals surface area contributed by atoms with Gasteiger partial charge >= 0.3 is 5.97 Å². The van der Waals surface area contributed by atoms with Gasteiger partial charge in [0, 0.05) is 38.6 Å². The number of aryl methyl sites for hydroxylation is 1. The highest BCUT2D eigenvalue weighted by atomic mass is 19.1. The zero-order chi connectivity index (χ0) is 18.7. The van der Waals surface area contributed by atoms with Crippen LogP contribution in [0.2, 0.25) is 0 Å². The van der Waals surface area contributed by atoms with Crippen molar-refractivity contribution in [1.82, 2.24) is 14.9 Å². The normalized spacial score (nSPS) is 16.1. The van der Waals surface area contributed by atoms with Crippen LogP contribution in [-0.4, -0.2) is 52.1 Å². The second-order valence-electron chi connectivity index (χ2n) is 6.11. The lowest BCUT2D eigenvalue weighted by molar-refractivity contribution is -0.143. The summed E-state index contributed by atoms with van der Waals surface area (Å²) < 4.78 is 13.5. The fourth-order valence-corrected chi connectivity index (χ4v) is 3.18. The minimum Gasteiger partial charge on any atom is -0.480 e. The summed E-state index contributed by atoms with van der Waals surface area (Å²) in [4.78, 5) is 23.8. The van der Waals surface area contributed by atoms with Gasteiger partial charge in [0.15, 0.2) is 11.5 Å². The number of rotatable bonds is 4. The summed E-state index contributed by atoms with van der Waals surface area (Å²) in [5.74, 6) is -0.810. The van der Waals surface area contributed by atoms with E-state index in [1.54, 1.807) is 13.0 Å². The third kappa shape index (κ3) is 3.48. The molecule has 2 aromatic rings. The molecule has 8 heteroatoms. The fourth-order valence-electron chi connectivity index (χ4n) is 3.18. The number of nitriles is 1. The van der Waals surface area contributed by atoms with Gasteiger partial charge in [0.2, 0.25) is 0 Å². The van der Waals surface area contributed by atoms with E-state index in [4.69, 9.17) is 5.26 Å². The zero-order valence-corrected chi connectivity index (χ0v) is 14.3. The van der Waals surface area contributed by atoms with E-state index in [-0.39, 0.29) is 11.5 Å². The van der Waals surface area contributed by atoms with E-state index in [1.807, 2.05) is 15.9 Å². The number of piperazine rings is 1. The van der Waals surface area contributed by atoms with Crippen LogP contribution in [0.4, 0.5) is 10.2 Å². The summed E-state index contributed by atoms with van der Waals surface area (Å²) in [5.41, 5.74) is 1.23. The second-order valence-corrected chi connectivity index (χ2v) is 6.11. The van der Waals surface area contributed by atoms with Crippen LogP contribution in [0.5, 0.6) is 0 Å². The van der Waals surface area contributed by atoms with Crippen molar-refractivity contribution < 1.29 is 14.3 Å². The summed E-state index contributed by atoms with van der Waals surface area (Å²) in [7, 11) is 0. The maximum absolute atomic E-state index is 13.5. The maximum Gasteiger partial charge on any atom is 0.325 e. The van der Waals surface area contributed by atoms with Crippen LogP contribution in [0.25, 0.3) is 0 Å². The van der Waals surface area contributed by atoms with Crippen molar-refractivity contribution in [2.75, 3.05) is 31.1 Å². The van der Waals surface area contributed by atoms with E-state index in [1.165, 1.54) is 24.5 Å². The van der Waals surface area contributed by atoms with Crippen LogP contribution >= 0.6 is 0 Å². The van der Waals surface area contributed by atoms with Crippen molar-refractivity contribution in [1.29, 1.82) is 5.26 Å². The molecule has 1 saturated heterocycles. The molecule has 26 heavy (non-hydrogen) atoms. The van der Waals surface area contributed by atoms with Gasteiger partial charge in [0.1, 0.15) is 17.9 Å². The molecular formula is C18H18FN5O2. The molecule has 1 atom stereocenters. The zero-order valence-electron chi connectivity index (χ0n) is 14.3. The van der Waals surface area contributed by atoms with Gasteiger partial charge in [-0.2, -0.15) is 5.26 Å². The third-order valence-electron chi connectivity index (χ3n) is 4.50. The number of carbonyl (C=O) groups is 1. The number of benzene rings is 1. The van der Waals surface area contributed by atoms with Crippen molar-refractivity contribution in [3.05, 3.63) is 53.2 Å². The Labute approximate surface area is 150 Å². The minimum atomic E-state index is -0.971. The molecule has 1 aromatic heterocycles.